The molecule has 25 heavy (non-hydrogen) atoms. The zero-order chi connectivity index (χ0) is 17.6. The van der Waals surface area contributed by atoms with Crippen molar-refractivity contribution in [1.29, 1.82) is 0 Å². The maximum atomic E-state index is 13.2. The van der Waals surface area contributed by atoms with Crippen molar-refractivity contribution in [2.45, 2.75) is 31.7 Å². The number of carbonyl (C=O) groups excluding carboxylic acids is 1. The van der Waals surface area contributed by atoms with E-state index in [4.69, 9.17) is 9.47 Å². The fraction of sp³-hybridized carbons (Fsp3) is 0.316. The molecule has 132 valence electrons. The monoisotopic (exact) mass is 345 g/mol. The summed E-state index contributed by atoms with van der Waals surface area (Å²) in [6.07, 6.45) is -0.748. The van der Waals surface area contributed by atoms with Crippen LogP contribution in [0, 0.1) is 5.82 Å². The van der Waals surface area contributed by atoms with Crippen LogP contribution in [-0.4, -0.2) is 30.0 Å². The Hall–Kier alpha value is -2.60. The van der Waals surface area contributed by atoms with Crippen molar-refractivity contribution in [2.24, 2.45) is 0 Å². The summed E-state index contributed by atoms with van der Waals surface area (Å²) in [5.41, 5.74) is 1.68. The van der Waals surface area contributed by atoms with E-state index in [0.717, 1.165) is 11.1 Å². The van der Waals surface area contributed by atoms with Crippen LogP contribution in [0.2, 0.25) is 0 Å². The smallest absolute Gasteiger partial charge is 0.407 e. The molecule has 2 atom stereocenters. The van der Waals surface area contributed by atoms with Gasteiger partial charge in [0.2, 0.25) is 0 Å². The van der Waals surface area contributed by atoms with E-state index < -0.39 is 18.3 Å². The summed E-state index contributed by atoms with van der Waals surface area (Å²) in [6, 6.07) is 13.7. The van der Waals surface area contributed by atoms with Gasteiger partial charge in [-0.2, -0.15) is 0 Å². The Morgan fingerprint density at radius 3 is 2.92 bits per heavy atom. The van der Waals surface area contributed by atoms with Gasteiger partial charge < -0.3 is 19.9 Å². The second-order valence-electron chi connectivity index (χ2n) is 5.96. The molecular weight excluding hydrogens is 325 g/mol. The quantitative estimate of drug-likeness (QED) is 0.874. The molecule has 1 heterocycles. The third kappa shape index (κ3) is 4.70. The lowest BCUT2D eigenvalue weighted by atomic mass is 9.99. The predicted octanol–water partition coefficient (Wildman–Crippen LogP) is 2.81. The average Bonchev–Trinajstić information content (AvgIpc) is 2.64. The largest absolute Gasteiger partial charge is 0.487 e. The average molecular weight is 345 g/mol. The van der Waals surface area contributed by atoms with Crippen LogP contribution < -0.4 is 10.1 Å². The molecule has 0 aliphatic carbocycles. The molecule has 1 aliphatic rings. The second kappa shape index (κ2) is 7.98. The maximum absolute atomic E-state index is 13.2. The van der Waals surface area contributed by atoms with Crippen molar-refractivity contribution < 1.29 is 23.8 Å². The lowest BCUT2D eigenvalue weighted by Crippen LogP contribution is -2.43. The fourth-order valence-corrected chi connectivity index (χ4v) is 2.74. The normalized spacial score (nSPS) is 17.1. The van der Waals surface area contributed by atoms with E-state index in [1.165, 1.54) is 12.1 Å². The summed E-state index contributed by atoms with van der Waals surface area (Å²) in [4.78, 5) is 11.7. The number of aliphatic hydroxyl groups is 1. The molecule has 2 aromatic rings. The molecular formula is C19H20FNO4. The molecule has 0 radical (unpaired) electrons. The van der Waals surface area contributed by atoms with Crippen LogP contribution in [0.4, 0.5) is 9.18 Å². The van der Waals surface area contributed by atoms with E-state index in [9.17, 15) is 14.3 Å². The van der Waals surface area contributed by atoms with Gasteiger partial charge in [0.25, 0.3) is 0 Å². The Morgan fingerprint density at radius 2 is 2.12 bits per heavy atom. The molecule has 0 unspecified atom stereocenters. The van der Waals surface area contributed by atoms with Crippen molar-refractivity contribution >= 4 is 6.09 Å². The highest BCUT2D eigenvalue weighted by Crippen LogP contribution is 2.29. The number of carbonyl (C=O) groups is 1. The zero-order valence-electron chi connectivity index (χ0n) is 13.7. The Balaban J connectivity index is 1.44. The SMILES string of the molecule is O=C(NC[C@@H](O)[C@H]1CCc2cc(F)ccc2O1)OCc1ccccc1. The van der Waals surface area contributed by atoms with Crippen LogP contribution in [0.3, 0.4) is 0 Å². The number of hydrogen-bond acceptors (Lipinski definition) is 4. The van der Waals surface area contributed by atoms with Gasteiger partial charge >= 0.3 is 6.09 Å². The number of hydrogen-bond donors (Lipinski definition) is 2. The van der Waals surface area contributed by atoms with E-state index in [2.05, 4.69) is 5.32 Å². The van der Waals surface area contributed by atoms with Gasteiger partial charge in [-0.05, 0) is 42.2 Å². The first-order valence-electron chi connectivity index (χ1n) is 8.19. The van der Waals surface area contributed by atoms with Gasteiger partial charge in [0, 0.05) is 0 Å². The number of ether oxygens (including phenoxy) is 2. The van der Waals surface area contributed by atoms with E-state index in [1.54, 1.807) is 6.07 Å². The fourth-order valence-electron chi connectivity index (χ4n) is 2.74. The lowest BCUT2D eigenvalue weighted by Gasteiger charge is -2.29. The minimum Gasteiger partial charge on any atom is -0.487 e. The molecule has 1 amide bonds. The van der Waals surface area contributed by atoms with Gasteiger partial charge in [0.15, 0.2) is 0 Å². The number of fused-ring (bicyclic) bond motifs is 1. The van der Waals surface area contributed by atoms with Crippen LogP contribution in [0.15, 0.2) is 48.5 Å². The van der Waals surface area contributed by atoms with E-state index >= 15 is 0 Å². The summed E-state index contributed by atoms with van der Waals surface area (Å²) in [7, 11) is 0. The Morgan fingerprint density at radius 1 is 1.32 bits per heavy atom. The Kier molecular flexibility index (Phi) is 5.50. The van der Waals surface area contributed by atoms with Gasteiger partial charge in [-0.25, -0.2) is 9.18 Å². The summed E-state index contributed by atoms with van der Waals surface area (Å²) in [5.74, 6) is 0.271. The first-order chi connectivity index (χ1) is 12.1. The van der Waals surface area contributed by atoms with Crippen LogP contribution in [0.5, 0.6) is 5.75 Å². The van der Waals surface area contributed by atoms with Gasteiger partial charge in [-0.1, -0.05) is 30.3 Å². The number of amides is 1. The maximum Gasteiger partial charge on any atom is 0.407 e. The van der Waals surface area contributed by atoms with Crippen LogP contribution >= 0.6 is 0 Å². The molecule has 5 nitrogen and oxygen atoms in total. The van der Waals surface area contributed by atoms with Crippen LogP contribution in [-0.2, 0) is 17.8 Å². The highest BCUT2D eigenvalue weighted by atomic mass is 19.1. The number of rotatable bonds is 5. The third-order valence-corrected chi connectivity index (χ3v) is 4.10. The van der Waals surface area contributed by atoms with E-state index in [0.29, 0.717) is 18.6 Å². The zero-order valence-corrected chi connectivity index (χ0v) is 13.7. The lowest BCUT2D eigenvalue weighted by molar-refractivity contribution is 0.0236. The minimum atomic E-state index is -0.873. The first-order valence-corrected chi connectivity index (χ1v) is 8.19. The molecule has 0 spiro atoms. The number of nitrogens with one attached hydrogen (secondary N) is 1. The van der Waals surface area contributed by atoms with Gasteiger partial charge in [-0.15, -0.1) is 0 Å². The molecule has 0 fully saturated rings. The van der Waals surface area contributed by atoms with Crippen molar-refractivity contribution in [1.82, 2.24) is 5.32 Å². The highest BCUT2D eigenvalue weighted by molar-refractivity contribution is 5.67. The van der Waals surface area contributed by atoms with E-state index in [-0.39, 0.29) is 19.0 Å². The number of aryl methyl sites for hydroxylation is 1. The number of halogens is 1. The van der Waals surface area contributed by atoms with Crippen LogP contribution in [0.1, 0.15) is 17.5 Å². The predicted molar refractivity (Wildman–Crippen MR) is 89.8 cm³/mol. The van der Waals surface area contributed by atoms with Crippen molar-refractivity contribution in [3.05, 3.63) is 65.5 Å². The molecule has 6 heteroatoms. The van der Waals surface area contributed by atoms with Gasteiger partial charge in [0.1, 0.15) is 30.4 Å². The molecule has 0 saturated carbocycles. The number of aliphatic hydroxyl groups excluding tert-OH is 1. The Bertz CT molecular complexity index is 723. The summed E-state index contributed by atoms with van der Waals surface area (Å²) in [6.45, 7) is 0.191. The molecule has 1 aliphatic heterocycles. The number of alkyl carbamates (subject to hydrolysis) is 1. The summed E-state index contributed by atoms with van der Waals surface area (Å²) in [5, 5.41) is 12.8. The molecule has 3 rings (SSSR count). The van der Waals surface area contributed by atoms with E-state index in [1.807, 2.05) is 30.3 Å². The van der Waals surface area contributed by atoms with Gasteiger partial charge in [0.05, 0.1) is 6.54 Å². The van der Waals surface area contributed by atoms with Gasteiger partial charge in [-0.3, -0.25) is 0 Å². The first kappa shape index (κ1) is 17.2. The van der Waals surface area contributed by atoms with Crippen molar-refractivity contribution in [2.75, 3.05) is 6.54 Å². The topological polar surface area (TPSA) is 67.8 Å². The molecule has 0 saturated heterocycles. The summed E-state index contributed by atoms with van der Waals surface area (Å²) >= 11 is 0. The van der Waals surface area contributed by atoms with Crippen molar-refractivity contribution in [3.63, 3.8) is 0 Å². The highest BCUT2D eigenvalue weighted by Gasteiger charge is 2.27. The number of benzene rings is 2. The second-order valence-corrected chi connectivity index (χ2v) is 5.96. The minimum absolute atomic E-state index is 0.0226. The molecule has 0 bridgehead atoms. The van der Waals surface area contributed by atoms with Crippen molar-refractivity contribution in [3.8, 4) is 5.75 Å². The van der Waals surface area contributed by atoms with Crippen LogP contribution in [0.25, 0.3) is 0 Å². The summed E-state index contributed by atoms with van der Waals surface area (Å²) < 4.78 is 24.0. The standard InChI is InChI=1S/C19H20FNO4/c20-15-7-9-17-14(10-15)6-8-18(25-17)16(22)11-21-19(23)24-12-13-4-2-1-3-5-13/h1-5,7,9-10,16,18,22H,6,8,11-12H2,(H,21,23)/t16-,18-/m1/s1. The Labute approximate surface area is 145 Å². The third-order valence-electron chi connectivity index (χ3n) is 4.10. The molecule has 0 aromatic heterocycles. The molecule has 2 aromatic carbocycles. The molecule has 2 N–H and O–H groups in total.